The van der Waals surface area contributed by atoms with Gasteiger partial charge in [0.15, 0.2) is 0 Å². The Hall–Kier alpha value is -3.92. The lowest BCUT2D eigenvalue weighted by Crippen LogP contribution is -2.27. The molecule has 0 radical (unpaired) electrons. The summed E-state index contributed by atoms with van der Waals surface area (Å²) < 4.78 is 15.0. The maximum Gasteiger partial charge on any atom is 0.306 e. The molecule has 0 spiro atoms. The number of fused-ring (bicyclic) bond motifs is 1. The van der Waals surface area contributed by atoms with E-state index >= 15 is 0 Å². The van der Waals surface area contributed by atoms with Crippen molar-refractivity contribution in [2.24, 2.45) is 0 Å². The first-order chi connectivity index (χ1) is 14.4. The van der Waals surface area contributed by atoms with E-state index < -0.39 is 22.3 Å². The molecule has 4 rings (SSSR count). The number of nitro groups is 1. The Morgan fingerprint density at radius 3 is 2.70 bits per heavy atom. The molecule has 0 saturated heterocycles. The molecule has 0 aliphatic carbocycles. The summed E-state index contributed by atoms with van der Waals surface area (Å²) in [5.41, 5.74) is 0.432. The van der Waals surface area contributed by atoms with E-state index in [1.807, 2.05) is 36.4 Å². The lowest BCUT2D eigenvalue weighted by molar-refractivity contribution is -0.387. The van der Waals surface area contributed by atoms with Gasteiger partial charge in [-0.3, -0.25) is 24.3 Å². The summed E-state index contributed by atoms with van der Waals surface area (Å²) >= 11 is 1.28. The van der Waals surface area contributed by atoms with Crippen LogP contribution < -0.4 is 10.9 Å². The van der Waals surface area contributed by atoms with Gasteiger partial charge in [0, 0.05) is 16.6 Å². The van der Waals surface area contributed by atoms with Crippen molar-refractivity contribution in [1.82, 2.24) is 9.55 Å². The van der Waals surface area contributed by atoms with Crippen LogP contribution in [-0.2, 0) is 11.3 Å². The van der Waals surface area contributed by atoms with Crippen LogP contribution in [0.4, 0.5) is 15.8 Å². The van der Waals surface area contributed by atoms with Crippen molar-refractivity contribution in [3.8, 4) is 10.4 Å². The van der Waals surface area contributed by atoms with Crippen LogP contribution in [0.25, 0.3) is 20.7 Å². The van der Waals surface area contributed by atoms with Crippen LogP contribution in [-0.4, -0.2) is 20.4 Å². The summed E-state index contributed by atoms with van der Waals surface area (Å²) in [4.78, 5) is 40.1. The van der Waals surface area contributed by atoms with E-state index in [2.05, 4.69) is 10.3 Å². The fourth-order valence-electron chi connectivity index (χ4n) is 2.89. The maximum atomic E-state index is 13.4. The van der Waals surface area contributed by atoms with Gasteiger partial charge >= 0.3 is 5.69 Å². The van der Waals surface area contributed by atoms with E-state index in [0.717, 1.165) is 27.1 Å². The SMILES string of the molecule is O=C(Cn1cnc2cc(-c3ccccc3)sc2c1=O)Nc1ccc(F)c([N+](=O)[O-])c1. The molecule has 2 aromatic heterocycles. The van der Waals surface area contributed by atoms with Crippen LogP contribution >= 0.6 is 11.3 Å². The quantitative estimate of drug-likeness (QED) is 0.387. The molecule has 2 aromatic carbocycles. The standard InChI is InChI=1S/C20H13FN4O4S/c21-14-7-6-13(8-16(14)25(28)29)23-18(26)10-24-11-22-15-9-17(30-19(15)20(24)27)12-4-2-1-3-5-12/h1-9,11H,10H2,(H,23,26). The molecule has 2 heterocycles. The Morgan fingerprint density at radius 1 is 1.20 bits per heavy atom. The molecule has 0 fully saturated rings. The molecule has 10 heteroatoms. The van der Waals surface area contributed by atoms with Crippen molar-refractivity contribution in [3.63, 3.8) is 0 Å². The average molecular weight is 424 g/mol. The van der Waals surface area contributed by atoms with Crippen molar-refractivity contribution in [3.05, 3.63) is 87.2 Å². The Bertz CT molecular complexity index is 1330. The number of hydrogen-bond acceptors (Lipinski definition) is 6. The second-order valence-electron chi connectivity index (χ2n) is 6.34. The van der Waals surface area contributed by atoms with E-state index in [1.165, 1.54) is 23.7 Å². The highest BCUT2D eigenvalue weighted by Crippen LogP contribution is 2.30. The second kappa shape index (κ2) is 7.84. The van der Waals surface area contributed by atoms with Crippen LogP contribution in [0, 0.1) is 15.9 Å². The molecule has 0 bridgehead atoms. The topological polar surface area (TPSA) is 107 Å². The fraction of sp³-hybridized carbons (Fsp3) is 0.0500. The molecule has 8 nitrogen and oxygen atoms in total. The number of hydrogen-bond donors (Lipinski definition) is 1. The largest absolute Gasteiger partial charge is 0.324 e. The van der Waals surface area contributed by atoms with Crippen molar-refractivity contribution >= 4 is 38.8 Å². The lowest BCUT2D eigenvalue weighted by atomic mass is 10.2. The van der Waals surface area contributed by atoms with Crippen LogP contribution in [0.2, 0.25) is 0 Å². The van der Waals surface area contributed by atoms with E-state index in [0.29, 0.717) is 10.2 Å². The molecule has 0 unspecified atom stereocenters. The van der Waals surface area contributed by atoms with Gasteiger partial charge in [-0.25, -0.2) is 4.98 Å². The normalized spacial score (nSPS) is 10.8. The van der Waals surface area contributed by atoms with E-state index in [-0.39, 0.29) is 17.8 Å². The van der Waals surface area contributed by atoms with Gasteiger partial charge < -0.3 is 5.32 Å². The van der Waals surface area contributed by atoms with Crippen molar-refractivity contribution in [2.45, 2.75) is 6.54 Å². The maximum absolute atomic E-state index is 13.4. The van der Waals surface area contributed by atoms with Crippen LogP contribution in [0.1, 0.15) is 0 Å². The predicted molar refractivity (Wildman–Crippen MR) is 111 cm³/mol. The number of nitro benzene ring substituents is 1. The van der Waals surface area contributed by atoms with Gasteiger partial charge in [0.25, 0.3) is 5.56 Å². The first-order valence-corrected chi connectivity index (χ1v) is 9.52. The van der Waals surface area contributed by atoms with Crippen LogP contribution in [0.15, 0.2) is 65.7 Å². The Kier molecular flexibility index (Phi) is 5.07. The first kappa shape index (κ1) is 19.4. The number of carbonyl (C=O) groups is 1. The monoisotopic (exact) mass is 424 g/mol. The van der Waals surface area contributed by atoms with E-state index in [1.54, 1.807) is 0 Å². The molecule has 150 valence electrons. The third kappa shape index (κ3) is 3.80. The number of rotatable bonds is 5. The number of aromatic nitrogens is 2. The first-order valence-electron chi connectivity index (χ1n) is 8.70. The number of halogens is 1. The molecule has 30 heavy (non-hydrogen) atoms. The number of nitrogens with zero attached hydrogens (tertiary/aromatic N) is 3. The summed E-state index contributed by atoms with van der Waals surface area (Å²) in [6.45, 7) is -0.342. The molecule has 0 saturated carbocycles. The number of carbonyl (C=O) groups excluding carboxylic acids is 1. The Labute approximate surface area is 172 Å². The molecule has 0 aliphatic rings. The smallest absolute Gasteiger partial charge is 0.306 e. The molecule has 1 amide bonds. The zero-order valence-corrected chi connectivity index (χ0v) is 16.1. The number of benzene rings is 2. The summed E-state index contributed by atoms with van der Waals surface area (Å²) in [6, 6.07) is 14.4. The molecular weight excluding hydrogens is 411 g/mol. The second-order valence-corrected chi connectivity index (χ2v) is 7.39. The summed E-state index contributed by atoms with van der Waals surface area (Å²) in [7, 11) is 0. The third-order valence-corrected chi connectivity index (χ3v) is 5.46. The zero-order chi connectivity index (χ0) is 21.3. The minimum atomic E-state index is -1.00. The molecule has 4 aromatic rings. The van der Waals surface area contributed by atoms with Crippen molar-refractivity contribution in [1.29, 1.82) is 0 Å². The van der Waals surface area contributed by atoms with Crippen molar-refractivity contribution in [2.75, 3.05) is 5.32 Å². The molecule has 1 N–H and O–H groups in total. The minimum Gasteiger partial charge on any atom is -0.324 e. The minimum absolute atomic E-state index is 0.0534. The Balaban J connectivity index is 1.57. The van der Waals surface area contributed by atoms with Gasteiger partial charge in [0.05, 0.1) is 16.8 Å². The Morgan fingerprint density at radius 2 is 1.97 bits per heavy atom. The van der Waals surface area contributed by atoms with Gasteiger partial charge in [0.2, 0.25) is 11.7 Å². The highest BCUT2D eigenvalue weighted by atomic mass is 32.1. The number of amides is 1. The summed E-state index contributed by atoms with van der Waals surface area (Å²) in [6.07, 6.45) is 1.28. The highest BCUT2D eigenvalue weighted by molar-refractivity contribution is 7.22. The summed E-state index contributed by atoms with van der Waals surface area (Å²) in [5, 5.41) is 13.2. The van der Waals surface area contributed by atoms with Crippen LogP contribution in [0.5, 0.6) is 0 Å². The van der Waals surface area contributed by atoms with Gasteiger partial charge in [-0.1, -0.05) is 30.3 Å². The number of anilines is 1. The van der Waals surface area contributed by atoms with Gasteiger partial charge in [-0.05, 0) is 23.8 Å². The van der Waals surface area contributed by atoms with Gasteiger partial charge in [0.1, 0.15) is 11.2 Å². The van der Waals surface area contributed by atoms with Crippen LogP contribution in [0.3, 0.4) is 0 Å². The average Bonchev–Trinajstić information content (AvgIpc) is 3.17. The number of thiophene rings is 1. The van der Waals surface area contributed by atoms with E-state index in [9.17, 15) is 24.1 Å². The van der Waals surface area contributed by atoms with Gasteiger partial charge in [-0.15, -0.1) is 11.3 Å². The van der Waals surface area contributed by atoms with Gasteiger partial charge in [-0.2, -0.15) is 4.39 Å². The highest BCUT2D eigenvalue weighted by Gasteiger charge is 2.16. The fourth-order valence-corrected chi connectivity index (χ4v) is 3.95. The molecular formula is C20H13FN4O4S. The molecule has 0 atom stereocenters. The van der Waals surface area contributed by atoms with Crippen molar-refractivity contribution < 1.29 is 14.1 Å². The van der Waals surface area contributed by atoms with E-state index in [4.69, 9.17) is 0 Å². The zero-order valence-electron chi connectivity index (χ0n) is 15.2. The number of nitrogens with one attached hydrogen (secondary N) is 1. The molecule has 0 aliphatic heterocycles. The summed E-state index contributed by atoms with van der Waals surface area (Å²) in [5.74, 6) is -1.60. The predicted octanol–water partition coefficient (Wildman–Crippen LogP) is 3.81. The lowest BCUT2D eigenvalue weighted by Gasteiger charge is -2.07. The third-order valence-electron chi connectivity index (χ3n) is 4.30.